The molecule has 0 saturated carbocycles. The number of carbonyl (C=O) groups excluding carboxylic acids is 4. The summed E-state index contributed by atoms with van der Waals surface area (Å²) in [6.07, 6.45) is -1.45. The SMILES string of the molecule is Cc1ccc(NC(=O)Nc2ccccc2NC(=O)Oc2ccc(C(C)(C)c3ccc(OC(=O)Nc4ccccc4NC(=O)Nc4ccc(C)cc4)cc3)cc2)cc1. The van der Waals surface area contributed by atoms with Gasteiger partial charge in [-0.1, -0.05) is 97.8 Å². The Balaban J connectivity index is 1.01. The molecule has 12 nitrogen and oxygen atoms in total. The van der Waals surface area contributed by atoms with E-state index in [-0.39, 0.29) is 0 Å². The molecule has 6 N–H and O–H groups in total. The first-order valence-corrected chi connectivity index (χ1v) is 18.1. The summed E-state index contributed by atoms with van der Waals surface area (Å²) >= 11 is 0. The summed E-state index contributed by atoms with van der Waals surface area (Å²) in [7, 11) is 0. The molecule has 0 atom stereocenters. The average molecular weight is 763 g/mol. The number of aryl methyl sites for hydroxylation is 2. The van der Waals surface area contributed by atoms with Crippen molar-refractivity contribution >= 4 is 58.4 Å². The number of anilines is 6. The van der Waals surface area contributed by atoms with Gasteiger partial charge >= 0.3 is 24.2 Å². The highest BCUT2D eigenvalue weighted by Crippen LogP contribution is 2.34. The number of benzene rings is 6. The molecule has 6 rings (SSSR count). The van der Waals surface area contributed by atoms with E-state index in [1.165, 1.54) is 0 Å². The number of hydrogen-bond acceptors (Lipinski definition) is 6. The van der Waals surface area contributed by atoms with Gasteiger partial charge in [-0.25, -0.2) is 19.2 Å². The maximum absolute atomic E-state index is 12.9. The molecule has 0 aliphatic rings. The van der Waals surface area contributed by atoms with Gasteiger partial charge in [0.05, 0.1) is 22.7 Å². The Kier molecular flexibility index (Phi) is 12.1. The van der Waals surface area contributed by atoms with Crippen LogP contribution in [0.1, 0.15) is 36.1 Å². The molecule has 0 aliphatic heterocycles. The van der Waals surface area contributed by atoms with Crippen molar-refractivity contribution in [1.82, 2.24) is 0 Å². The van der Waals surface area contributed by atoms with Gasteiger partial charge in [0, 0.05) is 16.8 Å². The van der Waals surface area contributed by atoms with Crippen molar-refractivity contribution < 1.29 is 28.7 Å². The van der Waals surface area contributed by atoms with Crippen molar-refractivity contribution in [3.63, 3.8) is 0 Å². The minimum Gasteiger partial charge on any atom is -0.410 e. The van der Waals surface area contributed by atoms with Crippen LogP contribution in [0, 0.1) is 13.8 Å². The van der Waals surface area contributed by atoms with Crippen LogP contribution in [0.15, 0.2) is 146 Å². The second kappa shape index (κ2) is 17.7. The van der Waals surface area contributed by atoms with Crippen molar-refractivity contribution in [3.05, 3.63) is 168 Å². The first-order chi connectivity index (χ1) is 27.4. The number of para-hydroxylation sites is 4. The van der Waals surface area contributed by atoms with Crippen LogP contribution in [0.3, 0.4) is 0 Å². The van der Waals surface area contributed by atoms with Crippen molar-refractivity contribution in [1.29, 1.82) is 0 Å². The maximum Gasteiger partial charge on any atom is 0.417 e. The number of ether oxygens (including phenoxy) is 2. The molecule has 0 fully saturated rings. The zero-order chi connectivity index (χ0) is 40.4. The number of nitrogens with one attached hydrogen (secondary N) is 6. The molecular formula is C45H42N6O6. The Hall–Kier alpha value is -7.60. The largest absolute Gasteiger partial charge is 0.417 e. The third kappa shape index (κ3) is 10.8. The standard InChI is InChI=1S/C45H42N6O6/c1-29-13-21-33(22-14-29)46-41(52)48-37-9-5-7-11-39(37)50-43(54)56-35-25-17-31(18-26-35)45(3,4)32-19-27-36(28-20-32)57-44(55)51-40-12-8-6-10-38(40)49-42(53)47-34-23-15-30(2)16-24-34/h5-28H,1-4H3,(H,50,54)(H,51,55)(H2,46,48,52)(H2,47,49,53). The van der Waals surface area contributed by atoms with E-state index in [9.17, 15) is 19.2 Å². The lowest BCUT2D eigenvalue weighted by Gasteiger charge is -2.26. The molecule has 12 heteroatoms. The van der Waals surface area contributed by atoms with Gasteiger partial charge in [-0.05, 0) is 97.8 Å². The van der Waals surface area contributed by atoms with Crippen LogP contribution < -0.4 is 41.4 Å². The molecule has 0 bridgehead atoms. The predicted molar refractivity (Wildman–Crippen MR) is 225 cm³/mol. The lowest BCUT2D eigenvalue weighted by atomic mass is 9.78. The van der Waals surface area contributed by atoms with Gasteiger partial charge in [0.1, 0.15) is 11.5 Å². The molecule has 6 aromatic rings. The van der Waals surface area contributed by atoms with Crippen LogP contribution in [-0.4, -0.2) is 24.2 Å². The number of carbonyl (C=O) groups is 4. The topological polar surface area (TPSA) is 159 Å². The summed E-state index contributed by atoms with van der Waals surface area (Å²) in [4.78, 5) is 51.0. The molecule has 0 radical (unpaired) electrons. The predicted octanol–water partition coefficient (Wildman–Crippen LogP) is 11.1. The van der Waals surface area contributed by atoms with Crippen LogP contribution in [0.5, 0.6) is 11.5 Å². The lowest BCUT2D eigenvalue weighted by Crippen LogP contribution is -2.22. The number of hydrogen-bond donors (Lipinski definition) is 6. The van der Waals surface area contributed by atoms with E-state index in [1.807, 2.05) is 62.4 Å². The smallest absolute Gasteiger partial charge is 0.410 e. The molecule has 0 spiro atoms. The van der Waals surface area contributed by atoms with Gasteiger partial charge in [0.15, 0.2) is 0 Å². The Morgan fingerprint density at radius 2 is 0.719 bits per heavy atom. The lowest BCUT2D eigenvalue weighted by molar-refractivity contribution is 0.214. The van der Waals surface area contributed by atoms with Gasteiger partial charge in [-0.3, -0.25) is 10.6 Å². The van der Waals surface area contributed by atoms with E-state index in [0.717, 1.165) is 22.3 Å². The Labute approximate surface area is 330 Å². The molecule has 0 unspecified atom stereocenters. The molecule has 6 aromatic carbocycles. The highest BCUT2D eigenvalue weighted by Gasteiger charge is 2.24. The van der Waals surface area contributed by atoms with Gasteiger partial charge in [0.25, 0.3) is 0 Å². The highest BCUT2D eigenvalue weighted by molar-refractivity contribution is 6.04. The van der Waals surface area contributed by atoms with Crippen molar-refractivity contribution in [2.24, 2.45) is 0 Å². The van der Waals surface area contributed by atoms with Gasteiger partial charge in [0.2, 0.25) is 0 Å². The van der Waals surface area contributed by atoms with E-state index in [2.05, 4.69) is 45.7 Å². The molecule has 0 aliphatic carbocycles. The second-order valence-corrected chi connectivity index (χ2v) is 13.7. The fraction of sp³-hybridized carbons (Fsp3) is 0.111. The van der Waals surface area contributed by atoms with Gasteiger partial charge in [-0.2, -0.15) is 0 Å². The summed E-state index contributed by atoms with van der Waals surface area (Å²) in [5, 5.41) is 16.4. The molecule has 0 aromatic heterocycles. The first-order valence-electron chi connectivity index (χ1n) is 18.1. The first kappa shape index (κ1) is 39.1. The number of urea groups is 2. The Morgan fingerprint density at radius 3 is 1.05 bits per heavy atom. The van der Waals surface area contributed by atoms with Crippen LogP contribution in [-0.2, 0) is 5.41 Å². The summed E-state index contributed by atoms with van der Waals surface area (Å²) in [6, 6.07) is 41.8. The average Bonchev–Trinajstić information content (AvgIpc) is 3.18. The maximum atomic E-state index is 12.9. The third-order valence-corrected chi connectivity index (χ3v) is 9.02. The summed E-state index contributed by atoms with van der Waals surface area (Å²) in [5.74, 6) is 0.654. The minimum atomic E-state index is -0.724. The minimum absolute atomic E-state index is 0.327. The fourth-order valence-electron chi connectivity index (χ4n) is 5.78. The molecule has 57 heavy (non-hydrogen) atoms. The summed E-state index contributed by atoms with van der Waals surface area (Å²) in [6.45, 7) is 8.03. The van der Waals surface area contributed by atoms with Crippen LogP contribution in [0.4, 0.5) is 53.3 Å². The Morgan fingerprint density at radius 1 is 0.404 bits per heavy atom. The normalized spacial score (nSPS) is 10.7. The van der Waals surface area contributed by atoms with E-state index in [0.29, 0.717) is 45.6 Å². The van der Waals surface area contributed by atoms with Crippen LogP contribution in [0.2, 0.25) is 0 Å². The third-order valence-electron chi connectivity index (χ3n) is 9.02. The molecule has 6 amide bonds. The summed E-state index contributed by atoms with van der Waals surface area (Å²) in [5.41, 5.74) is 6.38. The van der Waals surface area contributed by atoms with E-state index < -0.39 is 29.7 Å². The monoisotopic (exact) mass is 762 g/mol. The van der Waals surface area contributed by atoms with Crippen molar-refractivity contribution in [2.45, 2.75) is 33.1 Å². The second-order valence-electron chi connectivity index (χ2n) is 13.7. The zero-order valence-electron chi connectivity index (χ0n) is 31.8. The van der Waals surface area contributed by atoms with Crippen molar-refractivity contribution in [2.75, 3.05) is 31.9 Å². The van der Waals surface area contributed by atoms with Crippen molar-refractivity contribution in [3.8, 4) is 11.5 Å². The molecule has 288 valence electrons. The van der Waals surface area contributed by atoms with Gasteiger partial charge in [-0.15, -0.1) is 0 Å². The highest BCUT2D eigenvalue weighted by atomic mass is 16.6. The van der Waals surface area contributed by atoms with Crippen LogP contribution in [0.25, 0.3) is 0 Å². The zero-order valence-corrected chi connectivity index (χ0v) is 31.8. The fourth-order valence-corrected chi connectivity index (χ4v) is 5.78. The van der Waals surface area contributed by atoms with E-state index in [1.54, 1.807) is 97.1 Å². The Bertz CT molecular complexity index is 2190. The molecular weight excluding hydrogens is 721 g/mol. The quantitative estimate of drug-likeness (QED) is 0.0815. The molecule has 0 saturated heterocycles. The number of rotatable bonds is 10. The summed E-state index contributed by atoms with van der Waals surface area (Å²) < 4.78 is 11.1. The molecule has 0 heterocycles. The van der Waals surface area contributed by atoms with Crippen LogP contribution >= 0.6 is 0 Å². The van der Waals surface area contributed by atoms with E-state index >= 15 is 0 Å². The number of amides is 6. The van der Waals surface area contributed by atoms with E-state index in [4.69, 9.17) is 9.47 Å². The van der Waals surface area contributed by atoms with Gasteiger partial charge < -0.3 is 30.7 Å².